The predicted octanol–water partition coefficient (Wildman–Crippen LogP) is 2.11. The molecule has 4 atom stereocenters. The standard InChI is InChI=1S/C24H30N4O3/c1-3-13-31-19-8-6-5-7-18(19)15-27-24(25-4-2)26-11-12-28-22(29)20-16-9-10-17(14-16)21(20)23(28)30/h3,5-10,16-17,20-21H,1,4,11-15H2,2H3,(H2,25,26,27). The Morgan fingerprint density at radius 3 is 2.58 bits per heavy atom. The summed E-state index contributed by atoms with van der Waals surface area (Å²) in [7, 11) is 0. The molecule has 4 rings (SSSR count). The monoisotopic (exact) mass is 422 g/mol. The molecule has 1 heterocycles. The Balaban J connectivity index is 1.34. The highest BCUT2D eigenvalue weighted by Gasteiger charge is 2.58. The zero-order valence-corrected chi connectivity index (χ0v) is 17.9. The van der Waals surface area contributed by atoms with Crippen molar-refractivity contribution in [2.45, 2.75) is 19.9 Å². The molecule has 0 radical (unpaired) electrons. The lowest BCUT2D eigenvalue weighted by Crippen LogP contribution is -2.43. The number of nitrogens with one attached hydrogen (secondary N) is 2. The summed E-state index contributed by atoms with van der Waals surface area (Å²) in [5.41, 5.74) is 0.974. The Bertz CT molecular complexity index is 880. The van der Waals surface area contributed by atoms with Crippen molar-refractivity contribution >= 4 is 17.8 Å². The van der Waals surface area contributed by atoms with Gasteiger partial charge in [-0.1, -0.05) is 43.0 Å². The van der Waals surface area contributed by atoms with Crippen molar-refractivity contribution in [3.8, 4) is 5.75 Å². The summed E-state index contributed by atoms with van der Waals surface area (Å²) in [6, 6.07) is 7.78. The molecule has 0 aromatic heterocycles. The molecule has 4 unspecified atom stereocenters. The molecule has 0 spiro atoms. The van der Waals surface area contributed by atoms with Gasteiger partial charge in [0.25, 0.3) is 0 Å². The van der Waals surface area contributed by atoms with E-state index >= 15 is 0 Å². The average molecular weight is 423 g/mol. The molecule has 1 aliphatic heterocycles. The van der Waals surface area contributed by atoms with Crippen LogP contribution in [0.3, 0.4) is 0 Å². The van der Waals surface area contributed by atoms with E-state index in [1.807, 2.05) is 31.2 Å². The maximum absolute atomic E-state index is 12.8. The second-order valence-corrected chi connectivity index (χ2v) is 8.16. The number of amides is 2. The number of aliphatic imine (C=N–C) groups is 1. The SMILES string of the molecule is C=CCOc1ccccc1CN=C(NCC)NCCN1C(=O)C2C3C=CC(C3)C2C1=O. The fraction of sp³-hybridized carbons (Fsp3) is 0.458. The number of carbonyl (C=O) groups excluding carboxylic acids is 2. The minimum absolute atomic E-state index is 0.0103. The zero-order chi connectivity index (χ0) is 21.8. The number of carbonyl (C=O) groups is 2. The van der Waals surface area contributed by atoms with Gasteiger partial charge in [0.15, 0.2) is 5.96 Å². The molecule has 2 amide bonds. The van der Waals surface area contributed by atoms with Crippen LogP contribution in [0.25, 0.3) is 0 Å². The Morgan fingerprint density at radius 2 is 1.90 bits per heavy atom. The van der Waals surface area contributed by atoms with E-state index in [4.69, 9.17) is 4.74 Å². The topological polar surface area (TPSA) is 83.0 Å². The minimum atomic E-state index is -0.142. The van der Waals surface area contributed by atoms with Gasteiger partial charge >= 0.3 is 0 Å². The number of ether oxygens (including phenoxy) is 1. The van der Waals surface area contributed by atoms with Gasteiger partial charge in [0.2, 0.25) is 11.8 Å². The van der Waals surface area contributed by atoms with Crippen LogP contribution >= 0.6 is 0 Å². The van der Waals surface area contributed by atoms with Crippen molar-refractivity contribution in [2.24, 2.45) is 28.7 Å². The first-order chi connectivity index (χ1) is 15.1. The van der Waals surface area contributed by atoms with Crippen LogP contribution in [-0.2, 0) is 16.1 Å². The molecular formula is C24H30N4O3. The fourth-order valence-electron chi connectivity index (χ4n) is 4.90. The number of rotatable bonds is 9. The molecule has 1 aromatic rings. The van der Waals surface area contributed by atoms with E-state index in [-0.39, 0.29) is 35.5 Å². The molecule has 1 aromatic carbocycles. The normalized spacial score (nSPS) is 26.4. The largest absolute Gasteiger partial charge is 0.489 e. The summed E-state index contributed by atoms with van der Waals surface area (Å²) in [5, 5.41) is 6.46. The highest BCUT2D eigenvalue weighted by Crippen LogP contribution is 2.52. The van der Waals surface area contributed by atoms with Gasteiger partial charge in [0, 0.05) is 25.2 Å². The van der Waals surface area contributed by atoms with Crippen LogP contribution in [0.2, 0.25) is 0 Å². The zero-order valence-electron chi connectivity index (χ0n) is 17.9. The lowest BCUT2D eigenvalue weighted by Gasteiger charge is -2.18. The first-order valence-corrected chi connectivity index (χ1v) is 11.0. The third-order valence-corrected chi connectivity index (χ3v) is 6.27. The molecule has 2 fully saturated rings. The van der Waals surface area contributed by atoms with Crippen molar-refractivity contribution < 1.29 is 14.3 Å². The summed E-state index contributed by atoms with van der Waals surface area (Å²) >= 11 is 0. The lowest BCUT2D eigenvalue weighted by molar-refractivity contribution is -0.140. The number of para-hydroxylation sites is 1. The van der Waals surface area contributed by atoms with E-state index < -0.39 is 0 Å². The van der Waals surface area contributed by atoms with Crippen LogP contribution in [-0.4, -0.2) is 48.9 Å². The number of nitrogens with zero attached hydrogens (tertiary/aromatic N) is 2. The van der Waals surface area contributed by atoms with Crippen molar-refractivity contribution in [2.75, 3.05) is 26.2 Å². The van der Waals surface area contributed by atoms with Crippen LogP contribution < -0.4 is 15.4 Å². The van der Waals surface area contributed by atoms with Crippen molar-refractivity contribution in [1.29, 1.82) is 0 Å². The molecule has 164 valence electrons. The Morgan fingerprint density at radius 1 is 1.19 bits per heavy atom. The van der Waals surface area contributed by atoms with E-state index in [1.54, 1.807) is 6.08 Å². The Hall–Kier alpha value is -3.09. The first-order valence-electron chi connectivity index (χ1n) is 11.0. The van der Waals surface area contributed by atoms with Gasteiger partial charge in [-0.2, -0.15) is 0 Å². The molecular weight excluding hydrogens is 392 g/mol. The van der Waals surface area contributed by atoms with Crippen LogP contribution in [0.15, 0.2) is 54.1 Å². The molecule has 2 bridgehead atoms. The molecule has 2 N–H and O–H groups in total. The van der Waals surface area contributed by atoms with Gasteiger partial charge < -0.3 is 15.4 Å². The number of benzene rings is 1. The Kier molecular flexibility index (Phi) is 6.39. The van der Waals surface area contributed by atoms with Crippen LogP contribution in [0.4, 0.5) is 0 Å². The summed E-state index contributed by atoms with van der Waals surface area (Å²) in [4.78, 5) is 31.7. The average Bonchev–Trinajstić information content (AvgIpc) is 3.46. The third kappa shape index (κ3) is 4.22. The number of imide groups is 1. The van der Waals surface area contributed by atoms with Crippen LogP contribution in [0.5, 0.6) is 5.75 Å². The van der Waals surface area contributed by atoms with Gasteiger partial charge in [-0.05, 0) is 31.2 Å². The molecule has 1 saturated carbocycles. The van der Waals surface area contributed by atoms with Gasteiger partial charge in [-0.3, -0.25) is 14.5 Å². The first kappa shape index (κ1) is 21.2. The predicted molar refractivity (Wildman–Crippen MR) is 119 cm³/mol. The number of hydrogen-bond acceptors (Lipinski definition) is 4. The summed E-state index contributed by atoms with van der Waals surface area (Å²) in [6.07, 6.45) is 6.90. The fourth-order valence-corrected chi connectivity index (χ4v) is 4.90. The number of guanidine groups is 1. The summed E-state index contributed by atoms with van der Waals surface area (Å²) in [6.45, 7) is 8.09. The number of likely N-dealkylation sites (tertiary alicyclic amines) is 1. The molecule has 3 aliphatic rings. The maximum Gasteiger partial charge on any atom is 0.233 e. The molecule has 2 aliphatic carbocycles. The quantitative estimate of drug-likeness (QED) is 0.276. The van der Waals surface area contributed by atoms with Gasteiger partial charge in [-0.15, -0.1) is 0 Å². The highest BCUT2D eigenvalue weighted by atomic mass is 16.5. The van der Waals surface area contributed by atoms with Crippen LogP contribution in [0, 0.1) is 23.7 Å². The molecule has 7 nitrogen and oxygen atoms in total. The van der Waals surface area contributed by atoms with E-state index in [9.17, 15) is 9.59 Å². The van der Waals surface area contributed by atoms with Gasteiger partial charge in [0.05, 0.1) is 18.4 Å². The van der Waals surface area contributed by atoms with Gasteiger partial charge in [0.1, 0.15) is 12.4 Å². The minimum Gasteiger partial charge on any atom is -0.489 e. The van der Waals surface area contributed by atoms with Crippen molar-refractivity contribution in [3.05, 3.63) is 54.6 Å². The second kappa shape index (κ2) is 9.37. The van der Waals surface area contributed by atoms with Crippen molar-refractivity contribution in [3.63, 3.8) is 0 Å². The highest BCUT2D eigenvalue weighted by molar-refractivity contribution is 6.06. The van der Waals surface area contributed by atoms with Crippen LogP contribution in [0.1, 0.15) is 18.9 Å². The van der Waals surface area contributed by atoms with E-state index in [1.165, 1.54) is 4.90 Å². The summed E-state index contributed by atoms with van der Waals surface area (Å²) < 4.78 is 5.69. The number of fused-ring (bicyclic) bond motifs is 5. The van der Waals surface area contributed by atoms with Crippen molar-refractivity contribution in [1.82, 2.24) is 15.5 Å². The smallest absolute Gasteiger partial charge is 0.233 e. The molecule has 7 heteroatoms. The second-order valence-electron chi connectivity index (χ2n) is 8.16. The van der Waals surface area contributed by atoms with Gasteiger partial charge in [-0.25, -0.2) is 4.99 Å². The Labute approximate surface area is 183 Å². The molecule has 31 heavy (non-hydrogen) atoms. The summed E-state index contributed by atoms with van der Waals surface area (Å²) in [5.74, 6) is 1.60. The molecule has 1 saturated heterocycles. The van der Waals surface area contributed by atoms with E-state index in [0.29, 0.717) is 38.7 Å². The maximum atomic E-state index is 12.8. The third-order valence-electron chi connectivity index (χ3n) is 6.27. The van der Waals surface area contributed by atoms with E-state index in [2.05, 4.69) is 34.4 Å². The van der Waals surface area contributed by atoms with E-state index in [0.717, 1.165) is 17.7 Å². The lowest BCUT2D eigenvalue weighted by atomic mass is 9.85. The number of allylic oxidation sites excluding steroid dienone is 2. The number of hydrogen-bond donors (Lipinski definition) is 2.